The van der Waals surface area contributed by atoms with Crippen molar-refractivity contribution in [2.75, 3.05) is 11.4 Å². The van der Waals surface area contributed by atoms with Crippen molar-refractivity contribution in [3.8, 4) is 0 Å². The van der Waals surface area contributed by atoms with E-state index >= 15 is 0 Å². The van der Waals surface area contributed by atoms with E-state index in [1.165, 1.54) is 0 Å². The van der Waals surface area contributed by atoms with Crippen molar-refractivity contribution in [1.29, 1.82) is 0 Å². The zero-order valence-corrected chi connectivity index (χ0v) is 21.7. The molecule has 0 aliphatic carbocycles. The highest BCUT2D eigenvalue weighted by molar-refractivity contribution is 6.31. The number of hydrogen-bond acceptors (Lipinski definition) is 3. The van der Waals surface area contributed by atoms with Crippen molar-refractivity contribution in [3.05, 3.63) is 76.8 Å². The molecule has 1 atom stereocenters. The molecule has 1 heterocycles. The predicted octanol–water partition coefficient (Wildman–Crippen LogP) is 5.57. The van der Waals surface area contributed by atoms with Crippen LogP contribution in [0.3, 0.4) is 0 Å². The molecule has 3 aromatic rings. The minimum absolute atomic E-state index is 0.0330. The molecule has 1 N–H and O–H groups in total. The van der Waals surface area contributed by atoms with Gasteiger partial charge in [0.25, 0.3) is 5.91 Å². The number of amides is 3. The van der Waals surface area contributed by atoms with Gasteiger partial charge in [-0.3, -0.25) is 14.4 Å². The molecule has 0 unspecified atom stereocenters. The summed E-state index contributed by atoms with van der Waals surface area (Å²) in [5.74, 6) is -0.349. The molecule has 0 bridgehead atoms. The predicted molar refractivity (Wildman–Crippen MR) is 144 cm³/mol. The van der Waals surface area contributed by atoms with Gasteiger partial charge < -0.3 is 15.1 Å². The molecule has 0 spiro atoms. The quantitative estimate of drug-likeness (QED) is 0.392. The first-order valence-electron chi connectivity index (χ1n) is 12.5. The van der Waals surface area contributed by atoms with E-state index in [1.807, 2.05) is 75.4 Å². The Hall–Kier alpha value is -3.38. The van der Waals surface area contributed by atoms with Gasteiger partial charge in [0.05, 0.1) is 5.69 Å². The third-order valence-electron chi connectivity index (χ3n) is 6.54. The Morgan fingerprint density at radius 2 is 1.75 bits per heavy atom. The van der Waals surface area contributed by atoms with Gasteiger partial charge in [-0.15, -0.1) is 0 Å². The molecule has 0 aromatic heterocycles. The van der Waals surface area contributed by atoms with Gasteiger partial charge in [-0.2, -0.15) is 0 Å². The Balaban J connectivity index is 1.50. The average Bonchev–Trinajstić information content (AvgIpc) is 3.12. The second kappa shape index (κ2) is 11.1. The van der Waals surface area contributed by atoms with E-state index in [-0.39, 0.29) is 36.7 Å². The largest absolute Gasteiger partial charge is 0.352 e. The molecule has 3 amide bonds. The Bertz CT molecular complexity index is 1280. The first-order chi connectivity index (χ1) is 17.3. The van der Waals surface area contributed by atoms with Crippen LogP contribution in [0.5, 0.6) is 0 Å². The molecule has 1 aliphatic heterocycles. The van der Waals surface area contributed by atoms with Gasteiger partial charge in [0, 0.05) is 41.5 Å². The van der Waals surface area contributed by atoms with Crippen LogP contribution < -0.4 is 10.2 Å². The number of nitrogens with zero attached hydrogens (tertiary/aromatic N) is 2. The third-order valence-corrected chi connectivity index (χ3v) is 6.91. The van der Waals surface area contributed by atoms with Crippen LogP contribution in [-0.4, -0.2) is 41.2 Å². The fourth-order valence-corrected chi connectivity index (χ4v) is 5.04. The summed E-state index contributed by atoms with van der Waals surface area (Å²) in [7, 11) is 0. The Morgan fingerprint density at radius 3 is 2.44 bits per heavy atom. The molecule has 188 valence electrons. The van der Waals surface area contributed by atoms with Crippen molar-refractivity contribution in [3.63, 3.8) is 0 Å². The van der Waals surface area contributed by atoms with Gasteiger partial charge in [0.15, 0.2) is 0 Å². The van der Waals surface area contributed by atoms with Crippen LogP contribution >= 0.6 is 11.6 Å². The molecule has 1 aliphatic rings. The number of anilines is 1. The monoisotopic (exact) mass is 505 g/mol. The normalized spacial score (nSPS) is 13.4. The van der Waals surface area contributed by atoms with Crippen molar-refractivity contribution in [2.24, 2.45) is 0 Å². The molecule has 36 heavy (non-hydrogen) atoms. The maximum atomic E-state index is 13.5. The molecule has 0 saturated carbocycles. The zero-order chi connectivity index (χ0) is 25.8. The average molecular weight is 506 g/mol. The van der Waals surface area contributed by atoms with Gasteiger partial charge in [-0.25, -0.2) is 0 Å². The van der Waals surface area contributed by atoms with Gasteiger partial charge in [-0.05, 0) is 55.8 Å². The van der Waals surface area contributed by atoms with Crippen LogP contribution in [-0.2, 0) is 16.1 Å². The molecular formula is C29H32ClN3O3. The topological polar surface area (TPSA) is 69.7 Å². The van der Waals surface area contributed by atoms with Gasteiger partial charge in [0.1, 0.15) is 6.04 Å². The van der Waals surface area contributed by atoms with Crippen LogP contribution in [0.25, 0.3) is 10.8 Å². The summed E-state index contributed by atoms with van der Waals surface area (Å²) in [6, 6.07) is 18.4. The molecule has 3 aromatic carbocycles. The highest BCUT2D eigenvalue weighted by Crippen LogP contribution is 2.37. The van der Waals surface area contributed by atoms with Crippen LogP contribution in [0.4, 0.5) is 5.69 Å². The van der Waals surface area contributed by atoms with E-state index in [2.05, 4.69) is 5.32 Å². The first-order valence-corrected chi connectivity index (χ1v) is 12.9. The van der Waals surface area contributed by atoms with E-state index in [0.29, 0.717) is 30.0 Å². The van der Waals surface area contributed by atoms with Gasteiger partial charge >= 0.3 is 0 Å². The molecule has 4 rings (SSSR count). The maximum absolute atomic E-state index is 13.5. The molecule has 7 heteroatoms. The van der Waals surface area contributed by atoms with Crippen LogP contribution in [0.2, 0.25) is 5.02 Å². The number of nitrogens with one attached hydrogen (secondary N) is 1. The Kier molecular flexibility index (Phi) is 7.94. The zero-order valence-electron chi connectivity index (χ0n) is 21.0. The minimum Gasteiger partial charge on any atom is -0.352 e. The highest BCUT2D eigenvalue weighted by atomic mass is 35.5. The number of carbonyl (C=O) groups is 3. The summed E-state index contributed by atoms with van der Waals surface area (Å²) >= 11 is 6.39. The van der Waals surface area contributed by atoms with Gasteiger partial charge in [-0.1, -0.05) is 61.0 Å². The second-order valence-corrected chi connectivity index (χ2v) is 9.85. The van der Waals surface area contributed by atoms with Crippen molar-refractivity contribution in [1.82, 2.24) is 10.2 Å². The number of benzene rings is 3. The first kappa shape index (κ1) is 25.7. The van der Waals surface area contributed by atoms with E-state index in [4.69, 9.17) is 11.6 Å². The second-order valence-electron chi connectivity index (χ2n) is 9.44. The third kappa shape index (κ3) is 5.24. The lowest BCUT2D eigenvalue weighted by molar-refractivity contribution is -0.141. The summed E-state index contributed by atoms with van der Waals surface area (Å²) in [6.07, 6.45) is 1.18. The number of halogens is 1. The van der Waals surface area contributed by atoms with E-state index < -0.39 is 6.04 Å². The maximum Gasteiger partial charge on any atom is 0.258 e. The standard InChI is InChI=1S/C29H32ClN3O3/c1-4-24(28(35)31-19(2)3)33(18-21-10-5-6-14-23(21)30)26(34)16-9-17-32-25-15-8-12-20-11-7-13-22(27(20)25)29(32)36/h5-8,10-15,19,24H,4,9,16-18H2,1-3H3,(H,31,35)/t24-/m1/s1. The van der Waals surface area contributed by atoms with E-state index in [1.54, 1.807) is 15.9 Å². The summed E-state index contributed by atoms with van der Waals surface area (Å²) in [4.78, 5) is 42.9. The summed E-state index contributed by atoms with van der Waals surface area (Å²) in [5.41, 5.74) is 2.38. The summed E-state index contributed by atoms with van der Waals surface area (Å²) in [5, 5.41) is 5.50. The summed E-state index contributed by atoms with van der Waals surface area (Å²) < 4.78 is 0. The molecule has 0 fully saturated rings. The molecular weight excluding hydrogens is 474 g/mol. The molecule has 0 radical (unpaired) electrons. The van der Waals surface area contributed by atoms with E-state index in [9.17, 15) is 14.4 Å². The fraction of sp³-hybridized carbons (Fsp3) is 0.345. The Labute approximate surface area is 217 Å². The smallest absolute Gasteiger partial charge is 0.258 e. The number of rotatable bonds is 10. The molecule has 6 nitrogen and oxygen atoms in total. The minimum atomic E-state index is -0.609. The van der Waals surface area contributed by atoms with Crippen LogP contribution in [0, 0.1) is 0 Å². The van der Waals surface area contributed by atoms with Gasteiger partial charge in [0.2, 0.25) is 11.8 Å². The van der Waals surface area contributed by atoms with E-state index in [0.717, 1.165) is 22.0 Å². The van der Waals surface area contributed by atoms with Crippen molar-refractivity contribution >= 4 is 45.8 Å². The van der Waals surface area contributed by atoms with Crippen LogP contribution in [0.15, 0.2) is 60.7 Å². The lowest BCUT2D eigenvalue weighted by Crippen LogP contribution is -2.50. The number of hydrogen-bond donors (Lipinski definition) is 1. The highest BCUT2D eigenvalue weighted by Gasteiger charge is 2.31. The SMILES string of the molecule is CC[C@H](C(=O)NC(C)C)N(Cc1ccccc1Cl)C(=O)CCCN1C(=O)c2cccc3cccc1c23. The molecule has 0 saturated heterocycles. The lowest BCUT2D eigenvalue weighted by Gasteiger charge is -2.31. The fourth-order valence-electron chi connectivity index (χ4n) is 4.84. The van der Waals surface area contributed by atoms with Crippen molar-refractivity contribution in [2.45, 2.75) is 58.7 Å². The van der Waals surface area contributed by atoms with Crippen molar-refractivity contribution < 1.29 is 14.4 Å². The summed E-state index contributed by atoms with van der Waals surface area (Å²) in [6.45, 7) is 6.37. The Morgan fingerprint density at radius 1 is 1.03 bits per heavy atom. The lowest BCUT2D eigenvalue weighted by atomic mass is 10.1. The van der Waals surface area contributed by atoms with Crippen LogP contribution in [0.1, 0.15) is 56.0 Å². The number of carbonyl (C=O) groups excluding carboxylic acids is 3.